The van der Waals surface area contributed by atoms with Crippen LogP contribution in [0.3, 0.4) is 0 Å². The summed E-state index contributed by atoms with van der Waals surface area (Å²) in [6.45, 7) is 5.15. The van der Waals surface area contributed by atoms with Gasteiger partial charge in [-0.3, -0.25) is 4.90 Å². The lowest BCUT2D eigenvalue weighted by Crippen LogP contribution is -2.62. The summed E-state index contributed by atoms with van der Waals surface area (Å²) in [4.78, 5) is 2.60. The van der Waals surface area contributed by atoms with Crippen molar-refractivity contribution in [1.82, 2.24) is 4.90 Å². The summed E-state index contributed by atoms with van der Waals surface area (Å²) in [6, 6.07) is 0. The number of methoxy groups -OCH3 is 2. The fourth-order valence-corrected chi connectivity index (χ4v) is 3.79. The van der Waals surface area contributed by atoms with Gasteiger partial charge in [0.05, 0.1) is 11.7 Å². The molecule has 2 aliphatic rings. The first kappa shape index (κ1) is 15.2. The highest BCUT2D eigenvalue weighted by atomic mass is 16.5. The van der Waals surface area contributed by atoms with Crippen molar-refractivity contribution in [3.05, 3.63) is 0 Å². The van der Waals surface area contributed by atoms with Crippen LogP contribution in [0.1, 0.15) is 45.4 Å². The van der Waals surface area contributed by atoms with Crippen LogP contribution in [0.4, 0.5) is 0 Å². The molecule has 1 aliphatic heterocycles. The summed E-state index contributed by atoms with van der Waals surface area (Å²) in [5, 5.41) is 0. The van der Waals surface area contributed by atoms with E-state index in [2.05, 4.69) is 11.8 Å². The summed E-state index contributed by atoms with van der Waals surface area (Å²) in [5.41, 5.74) is 6.34. The zero-order valence-electron chi connectivity index (χ0n) is 12.8. The molecule has 2 rings (SSSR count). The number of likely N-dealkylation sites (tertiary alicyclic amines) is 1. The summed E-state index contributed by atoms with van der Waals surface area (Å²) < 4.78 is 11.2. The number of piperidine rings is 1. The molecule has 0 radical (unpaired) electrons. The van der Waals surface area contributed by atoms with Crippen LogP contribution >= 0.6 is 0 Å². The average molecular weight is 270 g/mol. The molecule has 1 heterocycles. The fourth-order valence-electron chi connectivity index (χ4n) is 3.79. The third-order valence-corrected chi connectivity index (χ3v) is 5.40. The monoisotopic (exact) mass is 270 g/mol. The van der Waals surface area contributed by atoms with E-state index in [-0.39, 0.29) is 11.1 Å². The first-order valence-electron chi connectivity index (χ1n) is 7.60. The van der Waals surface area contributed by atoms with Crippen LogP contribution in [0.2, 0.25) is 0 Å². The van der Waals surface area contributed by atoms with Crippen LogP contribution in [0.5, 0.6) is 0 Å². The minimum absolute atomic E-state index is 0.00146. The van der Waals surface area contributed by atoms with Gasteiger partial charge in [0.2, 0.25) is 0 Å². The maximum Gasteiger partial charge on any atom is 0.0777 e. The molecule has 2 fully saturated rings. The molecule has 1 aliphatic carbocycles. The van der Waals surface area contributed by atoms with Gasteiger partial charge in [-0.1, -0.05) is 0 Å². The van der Waals surface area contributed by atoms with Gasteiger partial charge < -0.3 is 15.2 Å². The second kappa shape index (κ2) is 6.08. The molecular formula is C15H30N2O2. The Morgan fingerprint density at radius 3 is 2.42 bits per heavy atom. The van der Waals surface area contributed by atoms with Crippen molar-refractivity contribution < 1.29 is 9.47 Å². The Hall–Kier alpha value is -0.160. The molecular weight excluding hydrogens is 240 g/mol. The van der Waals surface area contributed by atoms with Crippen molar-refractivity contribution in [2.75, 3.05) is 33.9 Å². The largest absolute Gasteiger partial charge is 0.381 e. The fraction of sp³-hybridized carbons (Fsp3) is 1.00. The SMILES string of the molecule is COC1CCC(CN)(N2CCCC(C)(OC)C2)CC1. The molecule has 19 heavy (non-hydrogen) atoms. The van der Waals surface area contributed by atoms with Gasteiger partial charge in [-0.15, -0.1) is 0 Å². The van der Waals surface area contributed by atoms with E-state index >= 15 is 0 Å². The first-order chi connectivity index (χ1) is 9.07. The smallest absolute Gasteiger partial charge is 0.0777 e. The molecule has 0 bridgehead atoms. The van der Waals surface area contributed by atoms with E-state index in [9.17, 15) is 0 Å². The predicted octanol–water partition coefficient (Wildman–Crippen LogP) is 1.77. The predicted molar refractivity (Wildman–Crippen MR) is 77.3 cm³/mol. The summed E-state index contributed by atoms with van der Waals surface area (Å²) in [7, 11) is 3.66. The number of nitrogens with two attached hydrogens (primary N) is 1. The van der Waals surface area contributed by atoms with Crippen LogP contribution in [0.15, 0.2) is 0 Å². The molecule has 0 aromatic heterocycles. The Balaban J connectivity index is 2.05. The van der Waals surface area contributed by atoms with E-state index in [0.717, 1.165) is 51.7 Å². The van der Waals surface area contributed by atoms with Crippen LogP contribution in [-0.4, -0.2) is 56.0 Å². The third kappa shape index (κ3) is 3.13. The Morgan fingerprint density at radius 2 is 1.89 bits per heavy atom. The molecule has 4 heteroatoms. The summed E-state index contributed by atoms with van der Waals surface area (Å²) >= 11 is 0. The van der Waals surface area contributed by atoms with Gasteiger partial charge in [-0.05, 0) is 52.0 Å². The van der Waals surface area contributed by atoms with Crippen LogP contribution < -0.4 is 5.73 Å². The quantitative estimate of drug-likeness (QED) is 0.846. The van der Waals surface area contributed by atoms with Gasteiger partial charge in [0, 0.05) is 32.8 Å². The zero-order valence-corrected chi connectivity index (χ0v) is 12.8. The number of rotatable bonds is 4. The van der Waals surface area contributed by atoms with Crippen molar-refractivity contribution >= 4 is 0 Å². The van der Waals surface area contributed by atoms with Gasteiger partial charge in [0.15, 0.2) is 0 Å². The molecule has 1 saturated heterocycles. The molecule has 0 amide bonds. The average Bonchev–Trinajstić information content (AvgIpc) is 2.47. The molecule has 2 N–H and O–H groups in total. The second-order valence-electron chi connectivity index (χ2n) is 6.54. The molecule has 112 valence electrons. The van der Waals surface area contributed by atoms with Crippen LogP contribution in [0.25, 0.3) is 0 Å². The van der Waals surface area contributed by atoms with Gasteiger partial charge >= 0.3 is 0 Å². The van der Waals surface area contributed by atoms with Crippen molar-refractivity contribution in [2.45, 2.75) is 62.7 Å². The van der Waals surface area contributed by atoms with Crippen molar-refractivity contribution in [1.29, 1.82) is 0 Å². The highest BCUT2D eigenvalue weighted by molar-refractivity contribution is 5.00. The minimum atomic E-state index is -0.00146. The van der Waals surface area contributed by atoms with E-state index in [0.29, 0.717) is 6.10 Å². The number of nitrogens with zero attached hydrogens (tertiary/aromatic N) is 1. The van der Waals surface area contributed by atoms with E-state index in [4.69, 9.17) is 15.2 Å². The Bertz CT molecular complexity index is 290. The van der Waals surface area contributed by atoms with Crippen LogP contribution in [0, 0.1) is 0 Å². The van der Waals surface area contributed by atoms with Gasteiger partial charge in [-0.2, -0.15) is 0 Å². The highest BCUT2D eigenvalue weighted by Gasteiger charge is 2.43. The molecule has 0 aromatic carbocycles. The van der Waals surface area contributed by atoms with E-state index in [1.54, 1.807) is 0 Å². The molecule has 4 nitrogen and oxygen atoms in total. The van der Waals surface area contributed by atoms with Crippen molar-refractivity contribution in [3.63, 3.8) is 0 Å². The minimum Gasteiger partial charge on any atom is -0.381 e. The maximum atomic E-state index is 6.16. The number of ether oxygens (including phenoxy) is 2. The van der Waals surface area contributed by atoms with Crippen LogP contribution in [-0.2, 0) is 9.47 Å². The number of hydrogen-bond acceptors (Lipinski definition) is 4. The van der Waals surface area contributed by atoms with E-state index in [1.807, 2.05) is 14.2 Å². The first-order valence-corrected chi connectivity index (χ1v) is 7.60. The highest BCUT2D eigenvalue weighted by Crippen LogP contribution is 2.38. The Morgan fingerprint density at radius 1 is 1.21 bits per heavy atom. The summed E-state index contributed by atoms with van der Waals surface area (Å²) in [6.07, 6.45) is 7.37. The topological polar surface area (TPSA) is 47.7 Å². The Labute approximate surface area is 117 Å². The molecule has 1 saturated carbocycles. The van der Waals surface area contributed by atoms with E-state index < -0.39 is 0 Å². The molecule has 1 atom stereocenters. The third-order valence-electron chi connectivity index (χ3n) is 5.40. The summed E-state index contributed by atoms with van der Waals surface area (Å²) in [5.74, 6) is 0. The number of hydrogen-bond donors (Lipinski definition) is 1. The van der Waals surface area contributed by atoms with Gasteiger partial charge in [0.25, 0.3) is 0 Å². The van der Waals surface area contributed by atoms with E-state index in [1.165, 1.54) is 6.42 Å². The second-order valence-corrected chi connectivity index (χ2v) is 6.54. The van der Waals surface area contributed by atoms with Gasteiger partial charge in [0.1, 0.15) is 0 Å². The lowest BCUT2D eigenvalue weighted by molar-refractivity contribution is -0.0950. The lowest BCUT2D eigenvalue weighted by Gasteiger charge is -2.52. The Kier molecular flexibility index (Phi) is 4.88. The maximum absolute atomic E-state index is 6.16. The standard InChI is InChI=1S/C15H30N2O2/c1-14(19-3)7-4-10-17(12-14)15(11-16)8-5-13(18-2)6-9-15/h13H,4-12,16H2,1-3H3. The lowest BCUT2D eigenvalue weighted by atomic mass is 9.77. The molecule has 0 spiro atoms. The van der Waals surface area contributed by atoms with Crippen molar-refractivity contribution in [3.8, 4) is 0 Å². The normalized spacial score (nSPS) is 41.4. The zero-order chi connectivity index (χ0) is 13.9. The van der Waals surface area contributed by atoms with Gasteiger partial charge in [-0.25, -0.2) is 0 Å². The van der Waals surface area contributed by atoms with Crippen molar-refractivity contribution in [2.24, 2.45) is 5.73 Å². The molecule has 0 aromatic rings. The molecule has 1 unspecified atom stereocenters.